The van der Waals surface area contributed by atoms with Crippen molar-refractivity contribution in [1.29, 1.82) is 0 Å². The molecule has 2 N–H and O–H groups in total. The number of anilines is 2. The molecule has 0 aromatic heterocycles. The Kier molecular flexibility index (Phi) is 7.25. The molecule has 1 aromatic carbocycles. The summed E-state index contributed by atoms with van der Waals surface area (Å²) in [6.45, 7) is 5.92. The lowest BCUT2D eigenvalue weighted by molar-refractivity contribution is 0.171. The van der Waals surface area contributed by atoms with Crippen LogP contribution in [0.5, 0.6) is 5.75 Å². The van der Waals surface area contributed by atoms with E-state index in [0.717, 1.165) is 5.69 Å². The Morgan fingerprint density at radius 3 is 2.57 bits per heavy atom. The van der Waals surface area contributed by atoms with Crippen LogP contribution in [-0.2, 0) is 9.47 Å². The summed E-state index contributed by atoms with van der Waals surface area (Å²) in [5, 5.41) is 0. The molecule has 21 heavy (non-hydrogen) atoms. The van der Waals surface area contributed by atoms with E-state index < -0.39 is 5.82 Å². The molecule has 1 aromatic rings. The lowest BCUT2D eigenvalue weighted by Crippen LogP contribution is -2.39. The van der Waals surface area contributed by atoms with Gasteiger partial charge in [-0.05, 0) is 13.8 Å². The number of rotatable bonds is 9. The Bertz CT molecular complexity index is 443. The van der Waals surface area contributed by atoms with Gasteiger partial charge in [-0.15, -0.1) is 0 Å². The Hall–Kier alpha value is -1.53. The normalized spacial score (nSPS) is 12.2. The lowest BCUT2D eigenvalue weighted by atomic mass is 10.2. The number of hydrogen-bond donors (Lipinski definition) is 1. The van der Waals surface area contributed by atoms with Gasteiger partial charge in [0.05, 0.1) is 31.2 Å². The second kappa shape index (κ2) is 8.69. The molecule has 0 bridgehead atoms. The molecule has 1 rings (SSSR count). The molecule has 0 spiro atoms. The van der Waals surface area contributed by atoms with E-state index in [1.807, 2.05) is 18.7 Å². The van der Waals surface area contributed by atoms with E-state index in [2.05, 4.69) is 0 Å². The number of benzene rings is 1. The second-order valence-electron chi connectivity index (χ2n) is 4.77. The second-order valence-corrected chi connectivity index (χ2v) is 4.77. The van der Waals surface area contributed by atoms with Gasteiger partial charge in [0.1, 0.15) is 0 Å². The Balaban J connectivity index is 3.12. The number of ether oxygens (including phenoxy) is 3. The summed E-state index contributed by atoms with van der Waals surface area (Å²) in [5.74, 6) is -0.252. The largest absolute Gasteiger partial charge is 0.491 e. The first-order valence-corrected chi connectivity index (χ1v) is 7.01. The summed E-state index contributed by atoms with van der Waals surface area (Å²) < 4.78 is 29.4. The first kappa shape index (κ1) is 17.5. The molecule has 120 valence electrons. The summed E-state index contributed by atoms with van der Waals surface area (Å²) in [4.78, 5) is 2.03. The van der Waals surface area contributed by atoms with E-state index in [9.17, 15) is 4.39 Å². The van der Waals surface area contributed by atoms with Gasteiger partial charge in [0.15, 0.2) is 11.6 Å². The Morgan fingerprint density at radius 2 is 2.00 bits per heavy atom. The molecule has 0 radical (unpaired) electrons. The molecule has 1 atom stereocenters. The molecule has 6 heteroatoms. The maximum atomic E-state index is 13.8. The van der Waals surface area contributed by atoms with Crippen molar-refractivity contribution in [3.8, 4) is 5.75 Å². The minimum Gasteiger partial charge on any atom is -0.491 e. The first-order chi connectivity index (χ1) is 10.0. The number of methoxy groups -OCH3 is 2. The third kappa shape index (κ3) is 4.75. The number of nitrogens with two attached hydrogens (primary N) is 1. The van der Waals surface area contributed by atoms with E-state index in [0.29, 0.717) is 32.1 Å². The van der Waals surface area contributed by atoms with Crippen LogP contribution in [-0.4, -0.2) is 46.6 Å². The van der Waals surface area contributed by atoms with Crippen molar-refractivity contribution in [3.05, 3.63) is 17.9 Å². The van der Waals surface area contributed by atoms with Crippen molar-refractivity contribution < 1.29 is 18.6 Å². The Labute approximate surface area is 125 Å². The van der Waals surface area contributed by atoms with Crippen LogP contribution in [0.1, 0.15) is 13.8 Å². The molecule has 0 saturated carbocycles. The van der Waals surface area contributed by atoms with Crippen molar-refractivity contribution in [3.63, 3.8) is 0 Å². The predicted octanol–water partition coefficient (Wildman–Crippen LogP) is 2.29. The fourth-order valence-corrected chi connectivity index (χ4v) is 2.17. The molecule has 1 unspecified atom stereocenters. The van der Waals surface area contributed by atoms with Gasteiger partial charge in [-0.1, -0.05) is 0 Å². The molecule has 0 heterocycles. The molecule has 0 aliphatic heterocycles. The van der Waals surface area contributed by atoms with Gasteiger partial charge in [-0.25, -0.2) is 4.39 Å². The van der Waals surface area contributed by atoms with Gasteiger partial charge < -0.3 is 24.8 Å². The quantitative estimate of drug-likeness (QED) is 0.709. The zero-order valence-corrected chi connectivity index (χ0v) is 13.2. The van der Waals surface area contributed by atoms with Crippen LogP contribution in [0.25, 0.3) is 0 Å². The van der Waals surface area contributed by atoms with Crippen LogP contribution < -0.4 is 15.4 Å². The third-order valence-electron chi connectivity index (χ3n) is 3.17. The summed E-state index contributed by atoms with van der Waals surface area (Å²) >= 11 is 0. The Morgan fingerprint density at radius 1 is 1.29 bits per heavy atom. The van der Waals surface area contributed by atoms with Gasteiger partial charge in [-0.2, -0.15) is 0 Å². The molecule has 0 aliphatic carbocycles. The van der Waals surface area contributed by atoms with Crippen molar-refractivity contribution in [2.45, 2.75) is 19.9 Å². The van der Waals surface area contributed by atoms with Gasteiger partial charge in [-0.3, -0.25) is 0 Å². The molecule has 5 nitrogen and oxygen atoms in total. The van der Waals surface area contributed by atoms with E-state index in [1.54, 1.807) is 20.3 Å². The van der Waals surface area contributed by atoms with Crippen LogP contribution >= 0.6 is 0 Å². The van der Waals surface area contributed by atoms with E-state index in [4.69, 9.17) is 19.9 Å². The SMILES string of the molecule is CCOc1cc(N(CCOC)C(C)COC)c(N)cc1F. The summed E-state index contributed by atoms with van der Waals surface area (Å²) in [5.41, 5.74) is 7.07. The molecule has 0 aliphatic rings. The zero-order chi connectivity index (χ0) is 15.8. The van der Waals surface area contributed by atoms with Crippen molar-refractivity contribution in [2.24, 2.45) is 0 Å². The number of nitrogens with zero attached hydrogens (tertiary/aromatic N) is 1. The van der Waals surface area contributed by atoms with Gasteiger partial charge in [0.2, 0.25) is 0 Å². The first-order valence-electron chi connectivity index (χ1n) is 7.01. The monoisotopic (exact) mass is 300 g/mol. The maximum Gasteiger partial charge on any atom is 0.167 e. The highest BCUT2D eigenvalue weighted by atomic mass is 19.1. The number of halogens is 1. The van der Waals surface area contributed by atoms with Crippen molar-refractivity contribution >= 4 is 11.4 Å². The number of nitrogen functional groups attached to an aromatic ring is 1. The summed E-state index contributed by atoms with van der Waals surface area (Å²) in [6.07, 6.45) is 0. The van der Waals surface area contributed by atoms with Crippen molar-refractivity contribution in [1.82, 2.24) is 0 Å². The maximum absolute atomic E-state index is 13.8. The number of hydrogen-bond acceptors (Lipinski definition) is 5. The third-order valence-corrected chi connectivity index (χ3v) is 3.17. The lowest BCUT2D eigenvalue weighted by Gasteiger charge is -2.32. The average Bonchev–Trinajstić information content (AvgIpc) is 2.44. The molecular weight excluding hydrogens is 275 g/mol. The summed E-state index contributed by atoms with van der Waals surface area (Å²) in [6, 6.07) is 3.00. The molecule has 0 fully saturated rings. The van der Waals surface area contributed by atoms with Gasteiger partial charge in [0, 0.05) is 38.9 Å². The molecule has 0 amide bonds. The van der Waals surface area contributed by atoms with Crippen LogP contribution in [0, 0.1) is 5.82 Å². The highest BCUT2D eigenvalue weighted by Gasteiger charge is 2.19. The van der Waals surface area contributed by atoms with Crippen LogP contribution in [0.4, 0.5) is 15.8 Å². The van der Waals surface area contributed by atoms with Gasteiger partial charge >= 0.3 is 0 Å². The molecular formula is C15H25FN2O3. The van der Waals surface area contributed by atoms with E-state index in [-0.39, 0.29) is 11.8 Å². The minimum atomic E-state index is -0.454. The molecule has 0 saturated heterocycles. The standard InChI is InChI=1S/C15H25FN2O3/c1-5-21-15-9-14(13(17)8-12(15)16)18(6-7-19-3)11(2)10-20-4/h8-9,11H,5-7,10,17H2,1-4H3. The van der Waals surface area contributed by atoms with Crippen molar-refractivity contribution in [2.75, 3.05) is 51.2 Å². The average molecular weight is 300 g/mol. The minimum absolute atomic E-state index is 0.0763. The fourth-order valence-electron chi connectivity index (χ4n) is 2.17. The highest BCUT2D eigenvalue weighted by molar-refractivity contribution is 5.70. The topological polar surface area (TPSA) is 57.0 Å². The zero-order valence-electron chi connectivity index (χ0n) is 13.2. The van der Waals surface area contributed by atoms with E-state index in [1.165, 1.54) is 6.07 Å². The highest BCUT2D eigenvalue weighted by Crippen LogP contribution is 2.32. The fraction of sp³-hybridized carbons (Fsp3) is 0.600. The van der Waals surface area contributed by atoms with Crippen LogP contribution in [0.2, 0.25) is 0 Å². The summed E-state index contributed by atoms with van der Waals surface area (Å²) in [7, 11) is 3.28. The van der Waals surface area contributed by atoms with Gasteiger partial charge in [0.25, 0.3) is 0 Å². The predicted molar refractivity (Wildman–Crippen MR) is 82.5 cm³/mol. The smallest absolute Gasteiger partial charge is 0.167 e. The van der Waals surface area contributed by atoms with Crippen LogP contribution in [0.15, 0.2) is 12.1 Å². The van der Waals surface area contributed by atoms with Crippen LogP contribution in [0.3, 0.4) is 0 Å². The van der Waals surface area contributed by atoms with E-state index >= 15 is 0 Å².